The highest BCUT2D eigenvalue weighted by Crippen LogP contribution is 2.26. The molecule has 0 saturated carbocycles. The highest BCUT2D eigenvalue weighted by molar-refractivity contribution is 5.76. The Balaban J connectivity index is 1.80. The van der Waals surface area contributed by atoms with Gasteiger partial charge < -0.3 is 9.32 Å². The van der Waals surface area contributed by atoms with Crippen LogP contribution in [-0.4, -0.2) is 20.6 Å². The van der Waals surface area contributed by atoms with Gasteiger partial charge in [0.1, 0.15) is 5.76 Å². The van der Waals surface area contributed by atoms with Gasteiger partial charge in [0, 0.05) is 19.2 Å². The standard InChI is InChI=1S/C17H23N3O2/c1-3-6-17(21)20(11-13-7-5-10-22-13)12-15-14-8-4-9-16(14)19(2)18-15/h5,7,10H,3-4,6,8-9,11-12H2,1-2H3. The molecular formula is C17H23N3O2. The minimum absolute atomic E-state index is 0.163. The fourth-order valence-corrected chi connectivity index (χ4v) is 3.20. The van der Waals surface area contributed by atoms with Gasteiger partial charge in [-0.15, -0.1) is 0 Å². The normalized spacial score (nSPS) is 13.4. The highest BCUT2D eigenvalue weighted by Gasteiger charge is 2.24. The maximum atomic E-state index is 12.4. The summed E-state index contributed by atoms with van der Waals surface area (Å²) < 4.78 is 7.39. The molecule has 0 radical (unpaired) electrons. The van der Waals surface area contributed by atoms with E-state index in [0.717, 1.165) is 30.7 Å². The van der Waals surface area contributed by atoms with Crippen molar-refractivity contribution in [3.8, 4) is 0 Å². The first-order valence-corrected chi connectivity index (χ1v) is 8.02. The lowest BCUT2D eigenvalue weighted by Crippen LogP contribution is -2.30. The van der Waals surface area contributed by atoms with Crippen LogP contribution in [0.1, 0.15) is 48.9 Å². The Bertz CT molecular complexity index is 643. The summed E-state index contributed by atoms with van der Waals surface area (Å²) in [6.45, 7) is 3.11. The van der Waals surface area contributed by atoms with Crippen molar-refractivity contribution in [3.63, 3.8) is 0 Å². The molecule has 1 aliphatic rings. The topological polar surface area (TPSA) is 51.3 Å². The van der Waals surface area contributed by atoms with Crippen LogP contribution < -0.4 is 0 Å². The minimum Gasteiger partial charge on any atom is -0.467 e. The maximum absolute atomic E-state index is 12.4. The van der Waals surface area contributed by atoms with Crippen molar-refractivity contribution >= 4 is 5.91 Å². The second-order valence-electron chi connectivity index (χ2n) is 5.93. The highest BCUT2D eigenvalue weighted by atomic mass is 16.3. The number of nitrogens with zero attached hydrogens (tertiary/aromatic N) is 3. The van der Waals surface area contributed by atoms with Crippen molar-refractivity contribution in [2.24, 2.45) is 7.05 Å². The summed E-state index contributed by atoms with van der Waals surface area (Å²) in [5, 5.41) is 4.64. The number of rotatable bonds is 6. The van der Waals surface area contributed by atoms with Crippen LogP contribution in [0.15, 0.2) is 22.8 Å². The smallest absolute Gasteiger partial charge is 0.223 e. The molecule has 3 rings (SSSR count). The predicted molar refractivity (Wildman–Crippen MR) is 83.1 cm³/mol. The van der Waals surface area contributed by atoms with Gasteiger partial charge in [-0.05, 0) is 43.4 Å². The molecule has 0 aliphatic heterocycles. The Kier molecular flexibility index (Phi) is 4.32. The Morgan fingerprint density at radius 1 is 1.41 bits per heavy atom. The molecule has 0 spiro atoms. The van der Waals surface area contributed by atoms with Crippen molar-refractivity contribution in [1.82, 2.24) is 14.7 Å². The third kappa shape index (κ3) is 2.93. The van der Waals surface area contributed by atoms with Gasteiger partial charge in [-0.2, -0.15) is 5.10 Å². The molecule has 5 heteroatoms. The average Bonchev–Trinajstić information content (AvgIpc) is 3.20. The molecule has 1 amide bonds. The van der Waals surface area contributed by atoms with Gasteiger partial charge >= 0.3 is 0 Å². The number of carbonyl (C=O) groups is 1. The van der Waals surface area contributed by atoms with Crippen LogP contribution in [0.25, 0.3) is 0 Å². The van der Waals surface area contributed by atoms with Crippen molar-refractivity contribution in [2.45, 2.75) is 52.1 Å². The first-order chi connectivity index (χ1) is 10.7. The van der Waals surface area contributed by atoms with E-state index in [1.165, 1.54) is 17.7 Å². The summed E-state index contributed by atoms with van der Waals surface area (Å²) in [6, 6.07) is 3.77. The summed E-state index contributed by atoms with van der Waals surface area (Å²) in [7, 11) is 2.00. The average molecular weight is 301 g/mol. The molecule has 0 atom stereocenters. The van der Waals surface area contributed by atoms with Crippen molar-refractivity contribution in [1.29, 1.82) is 0 Å². The molecule has 0 aromatic carbocycles. The molecule has 0 saturated heterocycles. The first kappa shape index (κ1) is 14.9. The number of aromatic nitrogens is 2. The van der Waals surface area contributed by atoms with Gasteiger partial charge in [0.25, 0.3) is 0 Å². The molecule has 0 unspecified atom stereocenters. The van der Waals surface area contributed by atoms with Crippen molar-refractivity contribution in [3.05, 3.63) is 41.1 Å². The molecule has 2 aromatic heterocycles. The zero-order valence-corrected chi connectivity index (χ0v) is 13.3. The van der Waals surface area contributed by atoms with Gasteiger partial charge in [-0.25, -0.2) is 0 Å². The molecular weight excluding hydrogens is 278 g/mol. The predicted octanol–water partition coefficient (Wildman–Crippen LogP) is 2.83. The van der Waals surface area contributed by atoms with Crippen LogP contribution >= 0.6 is 0 Å². The molecule has 2 heterocycles. The van der Waals surface area contributed by atoms with Crippen LogP contribution in [-0.2, 0) is 37.8 Å². The lowest BCUT2D eigenvalue weighted by Gasteiger charge is -2.21. The lowest BCUT2D eigenvalue weighted by atomic mass is 10.2. The van der Waals surface area contributed by atoms with Crippen molar-refractivity contribution < 1.29 is 9.21 Å². The SMILES string of the molecule is CCCC(=O)N(Cc1ccco1)Cc1nn(C)c2c1CCC2. The quantitative estimate of drug-likeness (QED) is 0.824. The largest absolute Gasteiger partial charge is 0.467 e. The summed E-state index contributed by atoms with van der Waals surface area (Å²) in [5.41, 5.74) is 3.72. The zero-order chi connectivity index (χ0) is 15.5. The second kappa shape index (κ2) is 6.38. The summed E-state index contributed by atoms with van der Waals surface area (Å²) >= 11 is 0. The zero-order valence-electron chi connectivity index (χ0n) is 13.3. The monoisotopic (exact) mass is 301 g/mol. The number of hydrogen-bond donors (Lipinski definition) is 0. The minimum atomic E-state index is 0.163. The number of hydrogen-bond acceptors (Lipinski definition) is 3. The number of carbonyl (C=O) groups excluding carboxylic acids is 1. The Hall–Kier alpha value is -2.04. The second-order valence-corrected chi connectivity index (χ2v) is 5.93. The molecule has 0 fully saturated rings. The molecule has 5 nitrogen and oxygen atoms in total. The van der Waals surface area contributed by atoms with Crippen LogP contribution in [0.4, 0.5) is 0 Å². The van der Waals surface area contributed by atoms with E-state index < -0.39 is 0 Å². The third-order valence-electron chi connectivity index (χ3n) is 4.28. The Morgan fingerprint density at radius 3 is 3.00 bits per heavy atom. The Labute approximate surface area is 130 Å². The van der Waals surface area contributed by atoms with E-state index in [1.54, 1.807) is 6.26 Å². The van der Waals surface area contributed by atoms with Crippen LogP contribution in [0, 0.1) is 0 Å². The number of furan rings is 1. The van der Waals surface area contributed by atoms with Gasteiger partial charge in [0.2, 0.25) is 5.91 Å². The molecule has 2 aromatic rings. The van der Waals surface area contributed by atoms with E-state index in [4.69, 9.17) is 4.42 Å². The van der Waals surface area contributed by atoms with Crippen LogP contribution in [0.5, 0.6) is 0 Å². The van der Waals surface area contributed by atoms with E-state index in [0.29, 0.717) is 19.5 Å². The first-order valence-electron chi connectivity index (χ1n) is 8.02. The van der Waals surface area contributed by atoms with E-state index in [1.807, 2.05) is 35.7 Å². The van der Waals surface area contributed by atoms with Crippen molar-refractivity contribution in [2.75, 3.05) is 0 Å². The number of fused-ring (bicyclic) bond motifs is 1. The van der Waals surface area contributed by atoms with E-state index in [9.17, 15) is 4.79 Å². The number of aryl methyl sites for hydroxylation is 1. The summed E-state index contributed by atoms with van der Waals surface area (Å²) in [6.07, 6.45) is 6.43. The lowest BCUT2D eigenvalue weighted by molar-refractivity contribution is -0.132. The van der Waals surface area contributed by atoms with E-state index in [-0.39, 0.29) is 5.91 Å². The molecule has 22 heavy (non-hydrogen) atoms. The van der Waals surface area contributed by atoms with Gasteiger partial charge in [-0.3, -0.25) is 9.48 Å². The fourth-order valence-electron chi connectivity index (χ4n) is 3.20. The Morgan fingerprint density at radius 2 is 2.27 bits per heavy atom. The molecule has 0 N–H and O–H groups in total. The molecule has 118 valence electrons. The van der Waals surface area contributed by atoms with Gasteiger partial charge in [0.15, 0.2) is 0 Å². The van der Waals surface area contributed by atoms with Crippen LogP contribution in [0.3, 0.4) is 0 Å². The summed E-state index contributed by atoms with van der Waals surface area (Å²) in [4.78, 5) is 14.3. The van der Waals surface area contributed by atoms with E-state index in [2.05, 4.69) is 5.10 Å². The molecule has 1 aliphatic carbocycles. The van der Waals surface area contributed by atoms with Gasteiger partial charge in [-0.1, -0.05) is 6.92 Å². The third-order valence-corrected chi connectivity index (χ3v) is 4.28. The van der Waals surface area contributed by atoms with Gasteiger partial charge in [0.05, 0.1) is 25.0 Å². The maximum Gasteiger partial charge on any atom is 0.223 e. The van der Waals surface area contributed by atoms with Crippen LogP contribution in [0.2, 0.25) is 0 Å². The van der Waals surface area contributed by atoms with E-state index >= 15 is 0 Å². The fraction of sp³-hybridized carbons (Fsp3) is 0.529. The summed E-state index contributed by atoms with van der Waals surface area (Å²) in [5.74, 6) is 0.980. The molecule has 0 bridgehead atoms. The number of amides is 1.